The summed E-state index contributed by atoms with van der Waals surface area (Å²) in [5.74, 6) is -0.973. The van der Waals surface area contributed by atoms with Gasteiger partial charge in [-0.1, -0.05) is 30.3 Å². The summed E-state index contributed by atoms with van der Waals surface area (Å²) in [6.45, 7) is 0.289. The predicted molar refractivity (Wildman–Crippen MR) is 126 cm³/mol. The van der Waals surface area contributed by atoms with Crippen LogP contribution in [0.4, 0.5) is 5.69 Å². The van der Waals surface area contributed by atoms with Crippen molar-refractivity contribution in [2.75, 3.05) is 26.1 Å². The summed E-state index contributed by atoms with van der Waals surface area (Å²) in [5.41, 5.74) is 2.26. The summed E-state index contributed by atoms with van der Waals surface area (Å²) in [7, 11) is 5.42. The maximum absolute atomic E-state index is 13.1. The van der Waals surface area contributed by atoms with E-state index in [1.54, 1.807) is 24.3 Å². The number of amides is 1. The number of likely N-dealkylation sites (tertiary alicyclic amines) is 1. The first-order valence-corrected chi connectivity index (χ1v) is 11.0. The van der Waals surface area contributed by atoms with Crippen molar-refractivity contribution >= 4 is 34.5 Å². The van der Waals surface area contributed by atoms with Crippen LogP contribution in [-0.4, -0.2) is 42.9 Å². The van der Waals surface area contributed by atoms with Crippen LogP contribution < -0.4 is 9.64 Å². The number of anilines is 1. The molecule has 0 saturated carbocycles. The van der Waals surface area contributed by atoms with Gasteiger partial charge in [-0.25, -0.2) is 0 Å². The largest absolute Gasteiger partial charge is 0.507 e. The fourth-order valence-electron chi connectivity index (χ4n) is 3.84. The highest BCUT2D eigenvalue weighted by Crippen LogP contribution is 2.41. The number of carbonyl (C=O) groups is 2. The molecule has 1 atom stereocenters. The van der Waals surface area contributed by atoms with Gasteiger partial charge in [-0.05, 0) is 41.3 Å². The number of rotatable bonds is 6. The Hall–Kier alpha value is -3.58. The Bertz CT molecular complexity index is 1170. The van der Waals surface area contributed by atoms with E-state index < -0.39 is 17.7 Å². The van der Waals surface area contributed by atoms with Gasteiger partial charge >= 0.3 is 0 Å². The van der Waals surface area contributed by atoms with Crippen LogP contribution in [0.1, 0.15) is 22.0 Å². The van der Waals surface area contributed by atoms with Gasteiger partial charge < -0.3 is 19.6 Å². The third kappa shape index (κ3) is 3.99. The molecule has 0 bridgehead atoms. The molecule has 1 N–H and O–H groups in total. The van der Waals surface area contributed by atoms with Crippen molar-refractivity contribution in [3.05, 3.63) is 87.6 Å². The average Bonchev–Trinajstić information content (AvgIpc) is 3.41. The molecule has 1 aliphatic heterocycles. The Kier molecular flexibility index (Phi) is 6.01. The Balaban J connectivity index is 1.85. The summed E-state index contributed by atoms with van der Waals surface area (Å²) in [5, 5.41) is 13.1. The number of nitrogens with zero attached hydrogens (tertiary/aromatic N) is 2. The summed E-state index contributed by atoms with van der Waals surface area (Å²) in [6, 6.07) is 17.6. The first-order chi connectivity index (χ1) is 15.4. The van der Waals surface area contributed by atoms with Crippen molar-refractivity contribution in [3.63, 3.8) is 0 Å². The van der Waals surface area contributed by atoms with Crippen molar-refractivity contribution in [3.8, 4) is 5.75 Å². The van der Waals surface area contributed by atoms with Gasteiger partial charge in [0, 0.05) is 30.2 Å². The Morgan fingerprint density at radius 2 is 1.84 bits per heavy atom. The zero-order chi connectivity index (χ0) is 22.8. The van der Waals surface area contributed by atoms with Crippen molar-refractivity contribution in [2.24, 2.45) is 0 Å². The summed E-state index contributed by atoms with van der Waals surface area (Å²) in [4.78, 5) is 30.7. The SMILES string of the molecule is COc1cccc(/C(O)=C2\C(=O)C(=O)N(Cc3cccs3)C2c2ccc(N(C)C)cc2)c1. The molecule has 1 aliphatic rings. The topological polar surface area (TPSA) is 70.1 Å². The lowest BCUT2D eigenvalue weighted by molar-refractivity contribution is -0.140. The number of ether oxygens (including phenoxy) is 1. The highest BCUT2D eigenvalue weighted by Gasteiger charge is 2.46. The summed E-state index contributed by atoms with van der Waals surface area (Å²) in [6.07, 6.45) is 0. The number of ketones is 1. The molecule has 164 valence electrons. The van der Waals surface area contributed by atoms with Crippen LogP contribution in [0.5, 0.6) is 5.75 Å². The highest BCUT2D eigenvalue weighted by atomic mass is 32.1. The molecule has 0 aliphatic carbocycles. The Labute approximate surface area is 191 Å². The molecular formula is C25H24N2O4S. The zero-order valence-corrected chi connectivity index (χ0v) is 18.9. The molecule has 7 heteroatoms. The van der Waals surface area contributed by atoms with E-state index in [0.717, 1.165) is 16.1 Å². The van der Waals surface area contributed by atoms with Crippen molar-refractivity contribution in [2.45, 2.75) is 12.6 Å². The smallest absolute Gasteiger partial charge is 0.295 e. The first-order valence-electron chi connectivity index (χ1n) is 10.1. The normalized spacial score (nSPS) is 17.6. The van der Waals surface area contributed by atoms with Crippen LogP contribution in [-0.2, 0) is 16.1 Å². The number of hydrogen-bond donors (Lipinski definition) is 1. The molecule has 2 aromatic carbocycles. The van der Waals surface area contributed by atoms with E-state index >= 15 is 0 Å². The lowest BCUT2D eigenvalue weighted by atomic mass is 9.95. The molecule has 0 spiro atoms. The van der Waals surface area contributed by atoms with Gasteiger partial charge in [0.05, 0.1) is 25.3 Å². The van der Waals surface area contributed by atoms with Crippen LogP contribution in [0.3, 0.4) is 0 Å². The first kappa shape index (κ1) is 21.6. The molecule has 0 radical (unpaired) electrons. The number of aliphatic hydroxyl groups is 1. The van der Waals surface area contributed by atoms with E-state index in [1.807, 2.05) is 60.8 Å². The van der Waals surface area contributed by atoms with Gasteiger partial charge in [0.15, 0.2) is 0 Å². The molecule has 2 heterocycles. The molecule has 3 aromatic rings. The van der Waals surface area contributed by atoms with Crippen LogP contribution in [0.25, 0.3) is 5.76 Å². The molecule has 1 aromatic heterocycles. The van der Waals surface area contributed by atoms with E-state index in [2.05, 4.69) is 0 Å². The predicted octanol–water partition coefficient (Wildman–Crippen LogP) is 4.44. The quantitative estimate of drug-likeness (QED) is 0.343. The molecule has 1 saturated heterocycles. The monoisotopic (exact) mass is 448 g/mol. The molecule has 32 heavy (non-hydrogen) atoms. The van der Waals surface area contributed by atoms with Gasteiger partial charge in [0.1, 0.15) is 11.5 Å². The van der Waals surface area contributed by atoms with Crippen LogP contribution >= 0.6 is 11.3 Å². The minimum atomic E-state index is -0.695. The van der Waals surface area contributed by atoms with Crippen molar-refractivity contribution in [1.82, 2.24) is 4.90 Å². The number of Topliss-reactive ketones (excluding diaryl/α,β-unsaturated/α-hetero) is 1. The van der Waals surface area contributed by atoms with Crippen LogP contribution in [0.15, 0.2) is 71.6 Å². The standard InChI is InChI=1S/C25H24N2O4S/c1-26(2)18-11-9-16(10-12-18)22-21(23(28)17-6-4-7-19(14-17)31-3)24(29)25(30)27(22)15-20-8-5-13-32-20/h4-14,22,28H,15H2,1-3H3/b23-21+. The lowest BCUT2D eigenvalue weighted by Crippen LogP contribution is -2.28. The molecule has 1 unspecified atom stereocenters. The molecule has 4 rings (SSSR count). The summed E-state index contributed by atoms with van der Waals surface area (Å²) < 4.78 is 5.25. The number of benzene rings is 2. The zero-order valence-electron chi connectivity index (χ0n) is 18.1. The van der Waals surface area contributed by atoms with Gasteiger partial charge in [0.2, 0.25) is 0 Å². The minimum absolute atomic E-state index is 0.0809. The number of thiophene rings is 1. The van der Waals surface area contributed by atoms with E-state index in [-0.39, 0.29) is 17.9 Å². The van der Waals surface area contributed by atoms with Gasteiger partial charge in [-0.3, -0.25) is 9.59 Å². The minimum Gasteiger partial charge on any atom is -0.507 e. The molecule has 1 fully saturated rings. The Morgan fingerprint density at radius 3 is 2.47 bits per heavy atom. The van der Waals surface area contributed by atoms with Crippen LogP contribution in [0, 0.1) is 0 Å². The van der Waals surface area contributed by atoms with Crippen LogP contribution in [0.2, 0.25) is 0 Å². The van der Waals surface area contributed by atoms with E-state index in [1.165, 1.54) is 23.3 Å². The average molecular weight is 449 g/mol. The highest BCUT2D eigenvalue weighted by molar-refractivity contribution is 7.09. The third-order valence-corrected chi connectivity index (χ3v) is 6.38. The molecule has 6 nitrogen and oxygen atoms in total. The van der Waals surface area contributed by atoms with Gasteiger partial charge in [0.25, 0.3) is 11.7 Å². The lowest BCUT2D eigenvalue weighted by Gasteiger charge is -2.25. The fourth-order valence-corrected chi connectivity index (χ4v) is 4.54. The molecule has 1 amide bonds. The van der Waals surface area contributed by atoms with E-state index in [9.17, 15) is 14.7 Å². The second kappa shape index (κ2) is 8.88. The number of methoxy groups -OCH3 is 1. The van der Waals surface area contributed by atoms with Gasteiger partial charge in [-0.2, -0.15) is 0 Å². The maximum atomic E-state index is 13.1. The number of aliphatic hydroxyl groups excluding tert-OH is 1. The second-order valence-electron chi connectivity index (χ2n) is 7.72. The summed E-state index contributed by atoms with van der Waals surface area (Å²) >= 11 is 1.52. The maximum Gasteiger partial charge on any atom is 0.295 e. The van der Waals surface area contributed by atoms with E-state index in [4.69, 9.17) is 4.74 Å². The van der Waals surface area contributed by atoms with E-state index in [0.29, 0.717) is 11.3 Å². The second-order valence-corrected chi connectivity index (χ2v) is 8.76. The molecular weight excluding hydrogens is 424 g/mol. The van der Waals surface area contributed by atoms with Gasteiger partial charge in [-0.15, -0.1) is 11.3 Å². The van der Waals surface area contributed by atoms with Crippen molar-refractivity contribution < 1.29 is 19.4 Å². The van der Waals surface area contributed by atoms with Crippen molar-refractivity contribution in [1.29, 1.82) is 0 Å². The number of carbonyl (C=O) groups excluding carboxylic acids is 2. The fraction of sp³-hybridized carbons (Fsp3) is 0.200. The Morgan fingerprint density at radius 1 is 1.09 bits per heavy atom. The third-order valence-electron chi connectivity index (χ3n) is 5.51. The number of hydrogen-bond acceptors (Lipinski definition) is 6.